The SMILES string of the molecule is CCOC(=O)c1cc(C=O)n(CC(=O)OC(C)(C)C)n1. The van der Waals surface area contributed by atoms with Crippen molar-refractivity contribution in [3.63, 3.8) is 0 Å². The van der Waals surface area contributed by atoms with Crippen molar-refractivity contribution in [1.82, 2.24) is 9.78 Å². The van der Waals surface area contributed by atoms with E-state index in [1.807, 2.05) is 0 Å². The van der Waals surface area contributed by atoms with Crippen molar-refractivity contribution >= 4 is 18.2 Å². The van der Waals surface area contributed by atoms with Gasteiger partial charge in [0.15, 0.2) is 12.0 Å². The average Bonchev–Trinajstić information content (AvgIpc) is 2.69. The van der Waals surface area contributed by atoms with Crippen LogP contribution in [0.5, 0.6) is 0 Å². The molecule has 0 bridgehead atoms. The number of ether oxygens (including phenoxy) is 2. The van der Waals surface area contributed by atoms with Crippen LogP contribution in [0, 0.1) is 0 Å². The van der Waals surface area contributed by atoms with Crippen molar-refractivity contribution < 1.29 is 23.9 Å². The van der Waals surface area contributed by atoms with Crippen molar-refractivity contribution in [2.45, 2.75) is 39.8 Å². The van der Waals surface area contributed by atoms with Crippen LogP contribution in [0.3, 0.4) is 0 Å². The van der Waals surface area contributed by atoms with Crippen LogP contribution in [0.1, 0.15) is 48.7 Å². The Balaban J connectivity index is 2.87. The molecular weight excluding hydrogens is 264 g/mol. The second-order valence-corrected chi connectivity index (χ2v) is 5.04. The number of hydrogen-bond acceptors (Lipinski definition) is 6. The van der Waals surface area contributed by atoms with Gasteiger partial charge in [-0.15, -0.1) is 0 Å². The standard InChI is InChI=1S/C13H18N2O5/c1-5-19-12(18)10-6-9(8-16)15(14-10)7-11(17)20-13(2,3)4/h6,8H,5,7H2,1-4H3. The molecule has 0 fully saturated rings. The first kappa shape index (κ1) is 15.9. The molecule has 7 heteroatoms. The highest BCUT2D eigenvalue weighted by atomic mass is 16.6. The summed E-state index contributed by atoms with van der Waals surface area (Å²) >= 11 is 0. The number of carbonyl (C=O) groups excluding carboxylic acids is 3. The van der Waals surface area contributed by atoms with Crippen LogP contribution in [0.15, 0.2) is 6.07 Å². The Morgan fingerprint density at radius 1 is 1.40 bits per heavy atom. The Morgan fingerprint density at radius 2 is 2.05 bits per heavy atom. The number of rotatable bonds is 5. The molecule has 0 aliphatic rings. The minimum Gasteiger partial charge on any atom is -0.461 e. The van der Waals surface area contributed by atoms with Crippen molar-refractivity contribution in [3.8, 4) is 0 Å². The first-order valence-corrected chi connectivity index (χ1v) is 6.19. The van der Waals surface area contributed by atoms with Gasteiger partial charge in [-0.3, -0.25) is 14.3 Å². The number of aromatic nitrogens is 2. The van der Waals surface area contributed by atoms with Crippen LogP contribution in [0.25, 0.3) is 0 Å². The predicted molar refractivity (Wildman–Crippen MR) is 69.4 cm³/mol. The fourth-order valence-corrected chi connectivity index (χ4v) is 1.45. The van der Waals surface area contributed by atoms with Gasteiger partial charge in [-0.05, 0) is 27.7 Å². The van der Waals surface area contributed by atoms with Gasteiger partial charge < -0.3 is 9.47 Å². The number of carbonyl (C=O) groups is 3. The van der Waals surface area contributed by atoms with Gasteiger partial charge in [0.2, 0.25) is 0 Å². The summed E-state index contributed by atoms with van der Waals surface area (Å²) in [6.45, 7) is 6.82. The molecule has 1 rings (SSSR count). The Hall–Kier alpha value is -2.18. The zero-order valence-corrected chi connectivity index (χ0v) is 12.0. The van der Waals surface area contributed by atoms with Crippen LogP contribution in [-0.4, -0.2) is 40.2 Å². The first-order chi connectivity index (χ1) is 9.26. The van der Waals surface area contributed by atoms with E-state index in [9.17, 15) is 14.4 Å². The van der Waals surface area contributed by atoms with Crippen LogP contribution in [0.4, 0.5) is 0 Å². The third-order valence-corrected chi connectivity index (χ3v) is 2.12. The lowest BCUT2D eigenvalue weighted by atomic mass is 10.2. The molecule has 0 spiro atoms. The molecule has 0 radical (unpaired) electrons. The van der Waals surface area contributed by atoms with E-state index in [1.165, 1.54) is 6.07 Å². The zero-order chi connectivity index (χ0) is 15.3. The molecule has 0 atom stereocenters. The lowest BCUT2D eigenvalue weighted by molar-refractivity contribution is -0.155. The molecule has 0 aromatic carbocycles. The molecule has 0 unspecified atom stereocenters. The van der Waals surface area contributed by atoms with Crippen molar-refractivity contribution in [1.29, 1.82) is 0 Å². The third-order valence-electron chi connectivity index (χ3n) is 2.12. The molecule has 0 aliphatic carbocycles. The molecule has 20 heavy (non-hydrogen) atoms. The predicted octanol–water partition coefficient (Wildman–Crippen LogP) is 1.21. The topological polar surface area (TPSA) is 87.5 Å². The highest BCUT2D eigenvalue weighted by Crippen LogP contribution is 2.09. The van der Waals surface area contributed by atoms with Gasteiger partial charge >= 0.3 is 11.9 Å². The molecule has 0 saturated carbocycles. The Morgan fingerprint density at radius 3 is 2.55 bits per heavy atom. The number of hydrogen-bond donors (Lipinski definition) is 0. The lowest BCUT2D eigenvalue weighted by Gasteiger charge is -2.19. The molecule has 1 aromatic rings. The van der Waals surface area contributed by atoms with E-state index in [2.05, 4.69) is 5.10 Å². The van der Waals surface area contributed by atoms with Crippen LogP contribution in [-0.2, 0) is 20.8 Å². The first-order valence-electron chi connectivity index (χ1n) is 6.19. The van der Waals surface area contributed by atoms with Crippen LogP contribution < -0.4 is 0 Å². The van der Waals surface area contributed by atoms with E-state index in [-0.39, 0.29) is 24.5 Å². The van der Waals surface area contributed by atoms with Crippen molar-refractivity contribution in [3.05, 3.63) is 17.5 Å². The van der Waals surface area contributed by atoms with Gasteiger partial charge in [-0.1, -0.05) is 0 Å². The normalized spacial score (nSPS) is 11.0. The molecule has 0 saturated heterocycles. The van der Waals surface area contributed by atoms with E-state index in [1.54, 1.807) is 27.7 Å². The van der Waals surface area contributed by atoms with E-state index in [0.717, 1.165) is 4.68 Å². The molecule has 0 N–H and O–H groups in total. The molecule has 7 nitrogen and oxygen atoms in total. The third kappa shape index (κ3) is 4.49. The van der Waals surface area contributed by atoms with E-state index in [4.69, 9.17) is 9.47 Å². The minimum absolute atomic E-state index is 0.0162. The van der Waals surface area contributed by atoms with E-state index < -0.39 is 17.5 Å². The van der Waals surface area contributed by atoms with Crippen molar-refractivity contribution in [2.75, 3.05) is 6.61 Å². The minimum atomic E-state index is -0.640. The summed E-state index contributed by atoms with van der Waals surface area (Å²) in [5.41, 5.74) is -0.536. The summed E-state index contributed by atoms with van der Waals surface area (Å²) in [4.78, 5) is 34.1. The number of nitrogens with zero attached hydrogens (tertiary/aromatic N) is 2. The molecule has 0 amide bonds. The van der Waals surface area contributed by atoms with Gasteiger partial charge in [0.1, 0.15) is 17.8 Å². The summed E-state index contributed by atoms with van der Waals surface area (Å²) < 4.78 is 11.0. The summed E-state index contributed by atoms with van der Waals surface area (Å²) in [6, 6.07) is 1.27. The van der Waals surface area contributed by atoms with Gasteiger partial charge in [0.25, 0.3) is 0 Å². The molecular formula is C13H18N2O5. The summed E-state index contributed by atoms with van der Waals surface area (Å²) in [6.07, 6.45) is 0.514. The maximum Gasteiger partial charge on any atom is 0.358 e. The second-order valence-electron chi connectivity index (χ2n) is 5.04. The molecule has 1 aromatic heterocycles. The maximum absolute atomic E-state index is 11.7. The van der Waals surface area contributed by atoms with Gasteiger partial charge in [-0.25, -0.2) is 4.79 Å². The maximum atomic E-state index is 11.7. The lowest BCUT2D eigenvalue weighted by Crippen LogP contribution is -2.27. The molecule has 110 valence electrons. The second kappa shape index (κ2) is 6.31. The fourth-order valence-electron chi connectivity index (χ4n) is 1.45. The van der Waals surface area contributed by atoms with Crippen LogP contribution >= 0.6 is 0 Å². The smallest absolute Gasteiger partial charge is 0.358 e. The van der Waals surface area contributed by atoms with Gasteiger partial charge in [-0.2, -0.15) is 5.10 Å². The Bertz CT molecular complexity index is 513. The van der Waals surface area contributed by atoms with E-state index in [0.29, 0.717) is 6.29 Å². The Kier molecular flexibility index (Phi) is 5.01. The average molecular weight is 282 g/mol. The summed E-state index contributed by atoms with van der Waals surface area (Å²) in [5, 5.41) is 3.88. The molecule has 1 heterocycles. The van der Waals surface area contributed by atoms with Gasteiger partial charge in [0, 0.05) is 6.07 Å². The van der Waals surface area contributed by atoms with E-state index >= 15 is 0 Å². The Labute approximate surface area is 116 Å². The highest BCUT2D eigenvalue weighted by molar-refractivity contribution is 5.89. The van der Waals surface area contributed by atoms with Gasteiger partial charge in [0.05, 0.1) is 6.61 Å². The monoisotopic (exact) mass is 282 g/mol. The van der Waals surface area contributed by atoms with Crippen molar-refractivity contribution in [2.24, 2.45) is 0 Å². The fraction of sp³-hybridized carbons (Fsp3) is 0.538. The summed E-state index contributed by atoms with van der Waals surface area (Å²) in [7, 11) is 0. The number of aldehydes is 1. The molecule has 0 aliphatic heterocycles. The summed E-state index contributed by atoms with van der Waals surface area (Å²) in [5.74, 6) is -1.18. The zero-order valence-electron chi connectivity index (χ0n) is 12.0. The quantitative estimate of drug-likeness (QED) is 0.596. The highest BCUT2D eigenvalue weighted by Gasteiger charge is 2.20. The number of esters is 2. The largest absolute Gasteiger partial charge is 0.461 e. The van der Waals surface area contributed by atoms with Crippen LogP contribution in [0.2, 0.25) is 0 Å².